The third-order valence-corrected chi connectivity index (χ3v) is 2.77. The zero-order chi connectivity index (χ0) is 15.9. The Morgan fingerprint density at radius 3 is 1.65 bits per heavy atom. The molecule has 0 aliphatic carbocycles. The minimum absolute atomic E-state index is 0.0494. The fourth-order valence-corrected chi connectivity index (χ4v) is 1.85. The summed E-state index contributed by atoms with van der Waals surface area (Å²) in [5.74, 6) is -1.92. The molecule has 0 aliphatic heterocycles. The van der Waals surface area contributed by atoms with E-state index in [4.69, 9.17) is 0 Å². The van der Waals surface area contributed by atoms with Gasteiger partial charge in [0, 0.05) is 0 Å². The Labute approximate surface area is 118 Å². The molecule has 1 aromatic rings. The zero-order valence-corrected chi connectivity index (χ0v) is 11.0. The second kappa shape index (κ2) is 5.15. The number of rotatable bonds is 1. The molecule has 114 valence electrons. The molecule has 0 amide bonds. The summed E-state index contributed by atoms with van der Waals surface area (Å²) < 4.78 is 114. The summed E-state index contributed by atoms with van der Waals surface area (Å²) in [7, 11) is 0. The third-order valence-electron chi connectivity index (χ3n) is 1.92. The second-order valence-corrected chi connectivity index (χ2v) is 4.50. The maximum absolute atomic E-state index is 12.6. The van der Waals surface area contributed by atoms with E-state index in [2.05, 4.69) is 4.74 Å². The Hall–Kier alpha value is -0.880. The first-order valence-electron chi connectivity index (χ1n) is 4.46. The lowest BCUT2D eigenvalue weighted by Crippen LogP contribution is -2.24. The van der Waals surface area contributed by atoms with E-state index in [1.165, 1.54) is 0 Å². The summed E-state index contributed by atoms with van der Waals surface area (Å²) in [6.07, 6.45) is -16.7. The summed E-state index contributed by atoms with van der Waals surface area (Å²) in [6.45, 7) is 0. The average Bonchev–Trinajstić information content (AvgIpc) is 2.15. The van der Waals surface area contributed by atoms with Crippen LogP contribution in [0.3, 0.4) is 0 Å². The van der Waals surface area contributed by atoms with Gasteiger partial charge in [0.2, 0.25) is 0 Å². The molecular formula is C9H2F9IO. The van der Waals surface area contributed by atoms with E-state index in [0.29, 0.717) is 6.07 Å². The number of hydrogen-bond acceptors (Lipinski definition) is 1. The molecular weight excluding hydrogens is 422 g/mol. The summed E-state index contributed by atoms with van der Waals surface area (Å²) in [4.78, 5) is 0. The van der Waals surface area contributed by atoms with Gasteiger partial charge in [-0.1, -0.05) is 0 Å². The van der Waals surface area contributed by atoms with Crippen molar-refractivity contribution in [1.29, 1.82) is 0 Å². The van der Waals surface area contributed by atoms with Gasteiger partial charge in [0.15, 0.2) is 5.75 Å². The van der Waals surface area contributed by atoms with Crippen LogP contribution in [0.25, 0.3) is 0 Å². The molecule has 0 spiro atoms. The number of alkyl halides is 9. The van der Waals surface area contributed by atoms with Gasteiger partial charge in [0.05, 0.1) is 9.13 Å². The van der Waals surface area contributed by atoms with Crippen molar-refractivity contribution in [2.75, 3.05) is 0 Å². The first-order valence-corrected chi connectivity index (χ1v) is 5.54. The van der Waals surface area contributed by atoms with Crippen LogP contribution in [0.5, 0.6) is 5.75 Å². The van der Waals surface area contributed by atoms with E-state index in [9.17, 15) is 39.5 Å². The number of halogens is 10. The fraction of sp³-hybridized carbons (Fsp3) is 0.333. The minimum atomic E-state index is -5.66. The van der Waals surface area contributed by atoms with Gasteiger partial charge < -0.3 is 4.74 Å². The molecule has 0 atom stereocenters. The molecule has 0 N–H and O–H groups in total. The highest BCUT2D eigenvalue weighted by atomic mass is 127. The highest BCUT2D eigenvalue weighted by Gasteiger charge is 2.48. The van der Waals surface area contributed by atoms with Crippen molar-refractivity contribution in [2.24, 2.45) is 0 Å². The van der Waals surface area contributed by atoms with Crippen molar-refractivity contribution in [3.63, 3.8) is 0 Å². The van der Waals surface area contributed by atoms with Gasteiger partial charge in [-0.05, 0) is 34.7 Å². The first-order chi connectivity index (χ1) is 8.73. The average molecular weight is 424 g/mol. The first kappa shape index (κ1) is 17.2. The molecule has 1 aromatic carbocycles. The predicted molar refractivity (Wildman–Crippen MR) is 55.8 cm³/mol. The van der Waals surface area contributed by atoms with Gasteiger partial charge in [0.1, 0.15) is 5.56 Å². The van der Waals surface area contributed by atoms with Crippen LogP contribution in [-0.4, -0.2) is 6.36 Å². The summed E-state index contributed by atoms with van der Waals surface area (Å²) in [5, 5.41) is 0. The SMILES string of the molecule is FC(F)(F)Oc1c(I)ccc(C(F)(F)F)c1C(F)(F)F. The molecule has 0 saturated heterocycles. The summed E-state index contributed by atoms with van der Waals surface area (Å²) in [6, 6.07) is 0.507. The molecule has 11 heteroatoms. The quantitative estimate of drug-likeness (QED) is 0.444. The molecule has 0 unspecified atom stereocenters. The molecule has 0 bridgehead atoms. The van der Waals surface area contributed by atoms with Crippen molar-refractivity contribution in [1.82, 2.24) is 0 Å². The van der Waals surface area contributed by atoms with Gasteiger partial charge in [-0.2, -0.15) is 26.3 Å². The summed E-state index contributed by atoms with van der Waals surface area (Å²) in [5.41, 5.74) is -4.75. The lowest BCUT2D eigenvalue weighted by atomic mass is 10.1. The van der Waals surface area contributed by atoms with Crippen LogP contribution < -0.4 is 4.74 Å². The maximum atomic E-state index is 12.6. The lowest BCUT2D eigenvalue weighted by molar-refractivity contribution is -0.277. The van der Waals surface area contributed by atoms with E-state index in [-0.39, 0.29) is 6.07 Å². The van der Waals surface area contributed by atoms with Crippen LogP contribution in [0.2, 0.25) is 0 Å². The van der Waals surface area contributed by atoms with E-state index in [0.717, 1.165) is 22.6 Å². The Bertz CT molecular complexity index is 500. The van der Waals surface area contributed by atoms with Crippen molar-refractivity contribution in [3.8, 4) is 5.75 Å². The fourth-order valence-electron chi connectivity index (χ4n) is 1.29. The van der Waals surface area contributed by atoms with Crippen LogP contribution in [0.4, 0.5) is 39.5 Å². The minimum Gasteiger partial charge on any atom is -0.404 e. The van der Waals surface area contributed by atoms with Crippen molar-refractivity contribution in [3.05, 3.63) is 26.8 Å². The third kappa shape index (κ3) is 4.06. The molecule has 0 aromatic heterocycles. The molecule has 1 nitrogen and oxygen atoms in total. The molecule has 1 rings (SSSR count). The molecule has 0 saturated carbocycles. The Morgan fingerprint density at radius 2 is 1.30 bits per heavy atom. The molecule has 0 aliphatic rings. The van der Waals surface area contributed by atoms with Crippen molar-refractivity contribution < 1.29 is 44.3 Å². The van der Waals surface area contributed by atoms with Crippen LogP contribution in [0.15, 0.2) is 12.1 Å². The monoisotopic (exact) mass is 424 g/mol. The second-order valence-electron chi connectivity index (χ2n) is 3.34. The number of hydrogen-bond donors (Lipinski definition) is 0. The largest absolute Gasteiger partial charge is 0.573 e. The van der Waals surface area contributed by atoms with Gasteiger partial charge in [-0.25, -0.2) is 0 Å². The van der Waals surface area contributed by atoms with Crippen LogP contribution in [-0.2, 0) is 12.4 Å². The van der Waals surface area contributed by atoms with Gasteiger partial charge in [-0.3, -0.25) is 0 Å². The van der Waals surface area contributed by atoms with E-state index in [1.54, 1.807) is 0 Å². The van der Waals surface area contributed by atoms with Gasteiger partial charge in [0.25, 0.3) is 0 Å². The van der Waals surface area contributed by atoms with Gasteiger partial charge >= 0.3 is 18.7 Å². The van der Waals surface area contributed by atoms with Crippen LogP contribution in [0.1, 0.15) is 11.1 Å². The van der Waals surface area contributed by atoms with Crippen LogP contribution in [0, 0.1) is 3.57 Å². The van der Waals surface area contributed by atoms with Crippen LogP contribution >= 0.6 is 22.6 Å². The lowest BCUT2D eigenvalue weighted by Gasteiger charge is -2.21. The predicted octanol–water partition coefficient (Wildman–Crippen LogP) is 5.23. The normalized spacial score (nSPS) is 13.5. The summed E-state index contributed by atoms with van der Waals surface area (Å²) >= 11 is 1.02. The number of ether oxygens (including phenoxy) is 1. The van der Waals surface area contributed by atoms with Crippen molar-refractivity contribution >= 4 is 22.6 Å². The van der Waals surface area contributed by atoms with Crippen molar-refractivity contribution in [2.45, 2.75) is 18.7 Å². The maximum Gasteiger partial charge on any atom is 0.573 e. The highest BCUT2D eigenvalue weighted by molar-refractivity contribution is 14.1. The highest BCUT2D eigenvalue weighted by Crippen LogP contribution is 2.47. The zero-order valence-electron chi connectivity index (χ0n) is 8.84. The Balaban J connectivity index is 3.64. The Kier molecular flexibility index (Phi) is 4.42. The topological polar surface area (TPSA) is 9.23 Å². The van der Waals surface area contributed by atoms with E-state index in [1.807, 2.05) is 0 Å². The molecule has 0 fully saturated rings. The van der Waals surface area contributed by atoms with Gasteiger partial charge in [-0.15, -0.1) is 13.2 Å². The van der Waals surface area contributed by atoms with E-state index < -0.39 is 39.2 Å². The molecule has 20 heavy (non-hydrogen) atoms. The van der Waals surface area contributed by atoms with E-state index >= 15 is 0 Å². The molecule has 0 heterocycles. The number of benzene rings is 1. The smallest absolute Gasteiger partial charge is 0.404 e. The Morgan fingerprint density at radius 1 is 0.800 bits per heavy atom. The molecule has 0 radical (unpaired) electrons. The standard InChI is InChI=1S/C9H2F9IO/c10-7(11,12)3-1-2-4(19)6(20-9(16,17)18)5(3)8(13,14)15/h1-2H.